The Balaban J connectivity index is -0.000000104. The molecule has 0 aliphatic rings. The lowest BCUT2D eigenvalue weighted by Crippen LogP contribution is -2.18. The highest BCUT2D eigenvalue weighted by Gasteiger charge is 2.05. The largest absolute Gasteiger partial charge is 0.355 e. The van der Waals surface area contributed by atoms with Crippen molar-refractivity contribution in [3.63, 3.8) is 0 Å². The molecule has 9 heteroatoms. The van der Waals surface area contributed by atoms with E-state index >= 15 is 0 Å². The quantitative estimate of drug-likeness (QED) is 0.145. The third-order valence-electron chi connectivity index (χ3n) is 3.57. The highest BCUT2D eigenvalue weighted by molar-refractivity contribution is 9.09. The maximum atomic E-state index is 5.16. The molecule has 0 aromatic carbocycles. The Bertz CT molecular complexity index is 296. The van der Waals surface area contributed by atoms with Crippen molar-refractivity contribution in [1.29, 1.82) is 0 Å². The SMILES string of the molecule is CC(C)(C)CBr.CC(C)CBr.CCC(CC)CBr.CCOC(CBr)OCC.COC(CBr)OC. The molecule has 0 saturated carbocycles. The van der Waals surface area contributed by atoms with E-state index in [1.54, 1.807) is 14.2 Å². The van der Waals surface area contributed by atoms with Crippen molar-refractivity contribution >= 4 is 79.6 Å². The highest BCUT2D eigenvalue weighted by atomic mass is 79.9. The Kier molecular flexibility index (Phi) is 50.7. The van der Waals surface area contributed by atoms with E-state index in [9.17, 15) is 0 Å². The fraction of sp³-hybridized carbons (Fsp3) is 1.00. The van der Waals surface area contributed by atoms with E-state index in [0.29, 0.717) is 18.6 Å². The van der Waals surface area contributed by atoms with Gasteiger partial charge in [-0.25, -0.2) is 0 Å². The predicted molar refractivity (Wildman–Crippen MR) is 172 cm³/mol. The van der Waals surface area contributed by atoms with Crippen LogP contribution in [0.1, 0.15) is 75.2 Å². The molecule has 0 unspecified atom stereocenters. The molecular formula is C25H55Br5O4. The van der Waals surface area contributed by atoms with Gasteiger partial charge < -0.3 is 18.9 Å². The first-order valence-electron chi connectivity index (χ1n) is 12.0. The van der Waals surface area contributed by atoms with Gasteiger partial charge in [0.05, 0.1) is 10.7 Å². The molecule has 0 bridgehead atoms. The van der Waals surface area contributed by atoms with Crippen LogP contribution in [-0.2, 0) is 18.9 Å². The van der Waals surface area contributed by atoms with E-state index in [1.807, 2.05) is 13.8 Å². The summed E-state index contributed by atoms with van der Waals surface area (Å²) < 4.78 is 19.9. The predicted octanol–water partition coefficient (Wildman–Crippen LogP) is 10.1. The summed E-state index contributed by atoms with van der Waals surface area (Å²) in [5, 5.41) is 4.84. The van der Waals surface area contributed by atoms with Crippen LogP contribution in [0.5, 0.6) is 0 Å². The summed E-state index contributed by atoms with van der Waals surface area (Å²) in [4.78, 5) is 0. The van der Waals surface area contributed by atoms with E-state index in [2.05, 4.69) is 128 Å². The Morgan fingerprint density at radius 2 is 0.941 bits per heavy atom. The van der Waals surface area contributed by atoms with E-state index in [4.69, 9.17) is 18.9 Å². The van der Waals surface area contributed by atoms with Crippen LogP contribution in [0.4, 0.5) is 0 Å². The van der Waals surface area contributed by atoms with Crippen LogP contribution in [0.3, 0.4) is 0 Å². The Morgan fingerprint density at radius 3 is 1.00 bits per heavy atom. The average molecular weight is 819 g/mol. The van der Waals surface area contributed by atoms with Crippen LogP contribution < -0.4 is 0 Å². The van der Waals surface area contributed by atoms with Crippen molar-refractivity contribution in [2.75, 3.05) is 54.1 Å². The van der Waals surface area contributed by atoms with Crippen LogP contribution in [-0.4, -0.2) is 66.7 Å². The molecule has 0 saturated heterocycles. The normalized spacial score (nSPS) is 10.6. The van der Waals surface area contributed by atoms with Gasteiger partial charge in [-0.1, -0.05) is 141 Å². The van der Waals surface area contributed by atoms with Gasteiger partial charge in [0.15, 0.2) is 12.6 Å². The molecule has 0 radical (unpaired) electrons. The first kappa shape index (κ1) is 46.1. The number of ether oxygens (including phenoxy) is 4. The molecule has 0 amide bonds. The lowest BCUT2D eigenvalue weighted by Gasteiger charge is -2.12. The van der Waals surface area contributed by atoms with Crippen LogP contribution in [0.15, 0.2) is 0 Å². The first-order chi connectivity index (χ1) is 15.9. The maximum absolute atomic E-state index is 5.16. The molecule has 0 fully saturated rings. The topological polar surface area (TPSA) is 36.9 Å². The summed E-state index contributed by atoms with van der Waals surface area (Å²) >= 11 is 16.6. The van der Waals surface area contributed by atoms with Crippen molar-refractivity contribution in [2.45, 2.75) is 87.7 Å². The maximum Gasteiger partial charge on any atom is 0.167 e. The monoisotopic (exact) mass is 814 g/mol. The van der Waals surface area contributed by atoms with Gasteiger partial charge in [-0.15, -0.1) is 0 Å². The minimum Gasteiger partial charge on any atom is -0.355 e. The summed E-state index contributed by atoms with van der Waals surface area (Å²) in [5.74, 6) is 1.70. The second kappa shape index (κ2) is 37.4. The lowest BCUT2D eigenvalue weighted by molar-refractivity contribution is -0.119. The first-order valence-corrected chi connectivity index (χ1v) is 17.6. The van der Waals surface area contributed by atoms with E-state index in [-0.39, 0.29) is 12.6 Å². The number of methoxy groups -OCH3 is 2. The summed E-state index contributed by atoms with van der Waals surface area (Å²) in [6.07, 6.45) is 2.45. The number of hydrogen-bond donors (Lipinski definition) is 0. The third kappa shape index (κ3) is 51.0. The van der Waals surface area contributed by atoms with Gasteiger partial charge in [-0.2, -0.15) is 0 Å². The minimum absolute atomic E-state index is 0.0694. The fourth-order valence-corrected chi connectivity index (χ4v) is 3.06. The van der Waals surface area contributed by atoms with Gasteiger partial charge in [0.2, 0.25) is 0 Å². The van der Waals surface area contributed by atoms with Crippen LogP contribution in [0.2, 0.25) is 0 Å². The zero-order chi connectivity index (χ0) is 28.0. The van der Waals surface area contributed by atoms with Crippen molar-refractivity contribution < 1.29 is 18.9 Å². The summed E-state index contributed by atoms with van der Waals surface area (Å²) in [7, 11) is 3.21. The van der Waals surface area contributed by atoms with Gasteiger partial charge in [0.1, 0.15) is 0 Å². The third-order valence-corrected chi connectivity index (χ3v) is 8.52. The fourth-order valence-electron chi connectivity index (χ4n) is 1.24. The van der Waals surface area contributed by atoms with Gasteiger partial charge in [-0.3, -0.25) is 0 Å². The van der Waals surface area contributed by atoms with Crippen molar-refractivity contribution in [3.8, 4) is 0 Å². The molecule has 4 nitrogen and oxygen atoms in total. The number of halogens is 5. The van der Waals surface area contributed by atoms with E-state index in [0.717, 1.165) is 33.2 Å². The summed E-state index contributed by atoms with van der Waals surface area (Å²) in [5.41, 5.74) is 0.458. The summed E-state index contributed by atoms with van der Waals surface area (Å²) in [6.45, 7) is 20.7. The Morgan fingerprint density at radius 1 is 0.618 bits per heavy atom. The molecule has 0 aliphatic carbocycles. The molecule has 0 aromatic heterocycles. The van der Waals surface area contributed by atoms with Gasteiger partial charge >= 0.3 is 0 Å². The molecule has 0 aliphatic heterocycles. The minimum atomic E-state index is -0.0972. The van der Waals surface area contributed by atoms with Gasteiger partial charge in [0, 0.05) is 43.4 Å². The number of hydrogen-bond acceptors (Lipinski definition) is 4. The molecule has 0 rings (SSSR count). The zero-order valence-electron chi connectivity index (χ0n) is 23.7. The molecule has 214 valence electrons. The molecule has 0 N–H and O–H groups in total. The van der Waals surface area contributed by atoms with Gasteiger partial charge in [0.25, 0.3) is 0 Å². The molecule has 0 atom stereocenters. The van der Waals surface area contributed by atoms with Crippen molar-refractivity contribution in [2.24, 2.45) is 17.3 Å². The molecule has 0 heterocycles. The van der Waals surface area contributed by atoms with Crippen LogP contribution in [0.25, 0.3) is 0 Å². The Labute approximate surface area is 255 Å². The molecule has 0 aromatic rings. The smallest absolute Gasteiger partial charge is 0.167 e. The summed E-state index contributed by atoms with van der Waals surface area (Å²) in [6, 6.07) is 0. The second-order valence-corrected chi connectivity index (χ2v) is 11.8. The van der Waals surface area contributed by atoms with Crippen molar-refractivity contribution in [3.05, 3.63) is 0 Å². The van der Waals surface area contributed by atoms with Crippen LogP contribution >= 0.6 is 79.6 Å². The molecule has 0 spiro atoms. The van der Waals surface area contributed by atoms with Crippen LogP contribution in [0, 0.1) is 17.3 Å². The molecular weight excluding hydrogens is 764 g/mol. The molecule has 34 heavy (non-hydrogen) atoms. The second-order valence-electron chi connectivity index (χ2n) is 8.63. The number of rotatable bonds is 12. The van der Waals surface area contributed by atoms with Crippen molar-refractivity contribution in [1.82, 2.24) is 0 Å². The zero-order valence-corrected chi connectivity index (χ0v) is 31.6. The lowest BCUT2D eigenvalue weighted by atomic mass is 10.0. The average Bonchev–Trinajstić information content (AvgIpc) is 2.82. The van der Waals surface area contributed by atoms with E-state index < -0.39 is 0 Å². The highest BCUT2D eigenvalue weighted by Crippen LogP contribution is 2.14. The standard InChI is InChI=1S/C6H13BrO2.C6H13Br.C5H11Br.C4H9BrO2.C4H9Br/c1-3-8-6(5-7)9-4-2;1-3-6(4-2)5-7;1-5(2,3)4-6;1-6-4(3-5)7-2;1-4(2)3-5/h6H,3-5H2,1-2H3;6H,3-5H2,1-2H3;4H2,1-3H3;4H,3H2,1-2H3;4H,3H2,1-2H3. The van der Waals surface area contributed by atoms with E-state index in [1.165, 1.54) is 18.2 Å². The van der Waals surface area contributed by atoms with Gasteiger partial charge in [-0.05, 0) is 31.1 Å². The Hall–Kier alpha value is 2.24. The number of alkyl halides is 5.